The average Bonchev–Trinajstić information content (AvgIpc) is 2.40. The molecular weight excluding hydrogens is 244 g/mol. The lowest BCUT2D eigenvalue weighted by molar-refractivity contribution is 0.197. The Labute approximate surface area is 115 Å². The number of piperidine rings is 1. The monoisotopic (exact) mass is 266 g/mol. The van der Waals surface area contributed by atoms with Crippen molar-refractivity contribution in [3.8, 4) is 0 Å². The topological polar surface area (TPSA) is 15.3 Å². The lowest BCUT2D eigenvalue weighted by Gasteiger charge is -2.31. The number of halogens is 1. The summed E-state index contributed by atoms with van der Waals surface area (Å²) in [4.78, 5) is 2.46. The van der Waals surface area contributed by atoms with Crippen LogP contribution in [0.25, 0.3) is 0 Å². The number of nitrogens with one attached hydrogen (secondary N) is 1. The van der Waals surface area contributed by atoms with Gasteiger partial charge in [-0.15, -0.1) is 0 Å². The van der Waals surface area contributed by atoms with Crippen molar-refractivity contribution in [2.24, 2.45) is 5.92 Å². The molecule has 0 saturated carbocycles. The molecule has 0 aromatic heterocycles. The molecule has 0 amide bonds. The minimum atomic E-state index is 0.456. The average molecular weight is 267 g/mol. The first-order valence-electron chi connectivity index (χ1n) is 6.83. The van der Waals surface area contributed by atoms with E-state index in [0.717, 1.165) is 10.9 Å². The Balaban J connectivity index is 1.91. The molecule has 1 heterocycles. The van der Waals surface area contributed by atoms with Gasteiger partial charge in [0.25, 0.3) is 0 Å². The number of hydrogen-bond donors (Lipinski definition) is 1. The first kappa shape index (κ1) is 13.9. The van der Waals surface area contributed by atoms with Gasteiger partial charge in [0.1, 0.15) is 0 Å². The fourth-order valence-corrected chi connectivity index (χ4v) is 2.75. The van der Waals surface area contributed by atoms with Crippen LogP contribution in [0.15, 0.2) is 24.3 Å². The third-order valence-electron chi connectivity index (χ3n) is 4.02. The molecule has 0 bridgehead atoms. The Hall–Kier alpha value is -0.570. The van der Waals surface area contributed by atoms with E-state index in [1.807, 2.05) is 12.1 Å². The molecule has 1 aliphatic heterocycles. The summed E-state index contributed by atoms with van der Waals surface area (Å²) >= 11 is 5.93. The third-order valence-corrected chi connectivity index (χ3v) is 4.27. The van der Waals surface area contributed by atoms with Gasteiger partial charge in [-0.25, -0.2) is 0 Å². The zero-order valence-corrected chi connectivity index (χ0v) is 12.1. The number of hydrogen-bond acceptors (Lipinski definition) is 2. The highest BCUT2D eigenvalue weighted by Crippen LogP contribution is 2.23. The Kier molecular flexibility index (Phi) is 5.04. The molecule has 1 saturated heterocycles. The van der Waals surface area contributed by atoms with E-state index in [2.05, 4.69) is 36.3 Å². The zero-order valence-electron chi connectivity index (χ0n) is 11.3. The minimum absolute atomic E-state index is 0.456. The van der Waals surface area contributed by atoms with Crippen LogP contribution >= 0.6 is 11.6 Å². The van der Waals surface area contributed by atoms with Gasteiger partial charge in [0.15, 0.2) is 0 Å². The molecular formula is C15H23ClN2. The summed E-state index contributed by atoms with van der Waals surface area (Å²) in [6.45, 7) is 5.80. The zero-order chi connectivity index (χ0) is 13.0. The van der Waals surface area contributed by atoms with Crippen molar-refractivity contribution in [3.05, 3.63) is 34.9 Å². The van der Waals surface area contributed by atoms with Crippen LogP contribution < -0.4 is 5.32 Å². The van der Waals surface area contributed by atoms with Crippen molar-refractivity contribution < 1.29 is 0 Å². The van der Waals surface area contributed by atoms with E-state index in [-0.39, 0.29) is 0 Å². The molecule has 0 spiro atoms. The van der Waals surface area contributed by atoms with Gasteiger partial charge in [-0.3, -0.25) is 4.90 Å². The van der Waals surface area contributed by atoms with Gasteiger partial charge in [0.05, 0.1) is 0 Å². The van der Waals surface area contributed by atoms with E-state index in [0.29, 0.717) is 6.04 Å². The van der Waals surface area contributed by atoms with Crippen LogP contribution in [0.1, 0.15) is 31.4 Å². The summed E-state index contributed by atoms with van der Waals surface area (Å²) in [5.74, 6) is 0.839. The first-order chi connectivity index (χ1) is 8.66. The van der Waals surface area contributed by atoms with E-state index >= 15 is 0 Å². The van der Waals surface area contributed by atoms with E-state index in [1.54, 1.807) is 0 Å². The molecule has 2 rings (SSSR count). The molecule has 1 aromatic rings. The van der Waals surface area contributed by atoms with Crippen LogP contribution in [0.4, 0.5) is 0 Å². The van der Waals surface area contributed by atoms with Gasteiger partial charge in [-0.2, -0.15) is 0 Å². The van der Waals surface area contributed by atoms with E-state index in [1.165, 1.54) is 38.0 Å². The minimum Gasteiger partial charge on any atom is -0.317 e. The van der Waals surface area contributed by atoms with Crippen molar-refractivity contribution in [1.82, 2.24) is 10.2 Å². The summed E-state index contributed by atoms with van der Waals surface area (Å²) in [6, 6.07) is 8.67. The van der Waals surface area contributed by atoms with Crippen molar-refractivity contribution in [2.75, 3.05) is 26.7 Å². The van der Waals surface area contributed by atoms with Crippen LogP contribution in [0, 0.1) is 5.92 Å². The normalized spacial score (nSPS) is 19.1. The molecule has 3 heteroatoms. The fraction of sp³-hybridized carbons (Fsp3) is 0.600. The predicted molar refractivity (Wildman–Crippen MR) is 78.1 cm³/mol. The van der Waals surface area contributed by atoms with Crippen LogP contribution in [0.5, 0.6) is 0 Å². The van der Waals surface area contributed by atoms with Crippen molar-refractivity contribution >= 4 is 11.6 Å². The van der Waals surface area contributed by atoms with Gasteiger partial charge in [0, 0.05) is 17.6 Å². The number of rotatable bonds is 4. The van der Waals surface area contributed by atoms with Gasteiger partial charge in [-0.1, -0.05) is 23.7 Å². The first-order valence-corrected chi connectivity index (χ1v) is 7.21. The second kappa shape index (κ2) is 6.55. The van der Waals surface area contributed by atoms with Crippen LogP contribution in [0.3, 0.4) is 0 Å². The lowest BCUT2D eigenvalue weighted by Crippen LogP contribution is -2.35. The van der Waals surface area contributed by atoms with Gasteiger partial charge < -0.3 is 5.32 Å². The Morgan fingerprint density at radius 2 is 1.89 bits per heavy atom. The van der Waals surface area contributed by atoms with Crippen LogP contribution in [0.2, 0.25) is 5.02 Å². The second-order valence-electron chi connectivity index (χ2n) is 5.36. The molecule has 1 unspecified atom stereocenters. The maximum Gasteiger partial charge on any atom is 0.0406 e. The Morgan fingerprint density at radius 1 is 1.28 bits per heavy atom. The molecule has 1 aliphatic rings. The maximum absolute atomic E-state index is 5.93. The molecule has 1 N–H and O–H groups in total. The highest BCUT2D eigenvalue weighted by molar-refractivity contribution is 6.30. The van der Waals surface area contributed by atoms with E-state index in [9.17, 15) is 0 Å². The van der Waals surface area contributed by atoms with Crippen LogP contribution in [-0.2, 0) is 0 Å². The molecule has 2 nitrogen and oxygen atoms in total. The molecule has 18 heavy (non-hydrogen) atoms. The largest absolute Gasteiger partial charge is 0.317 e. The van der Waals surface area contributed by atoms with Crippen LogP contribution in [-0.4, -0.2) is 31.6 Å². The molecule has 1 fully saturated rings. The molecule has 1 atom stereocenters. The fourth-order valence-electron chi connectivity index (χ4n) is 2.63. The number of nitrogens with zero attached hydrogens (tertiary/aromatic N) is 1. The van der Waals surface area contributed by atoms with Gasteiger partial charge in [0.2, 0.25) is 0 Å². The summed E-state index contributed by atoms with van der Waals surface area (Å²) in [5, 5.41) is 4.23. The summed E-state index contributed by atoms with van der Waals surface area (Å²) in [5.41, 5.74) is 1.34. The molecule has 0 aliphatic carbocycles. The summed E-state index contributed by atoms with van der Waals surface area (Å²) in [7, 11) is 2.22. The van der Waals surface area contributed by atoms with Crippen molar-refractivity contribution in [3.63, 3.8) is 0 Å². The highest BCUT2D eigenvalue weighted by atomic mass is 35.5. The second-order valence-corrected chi connectivity index (χ2v) is 5.80. The van der Waals surface area contributed by atoms with E-state index < -0.39 is 0 Å². The lowest BCUT2D eigenvalue weighted by atomic mass is 9.96. The standard InChI is InChI=1S/C15H23ClN2/c1-12(14-3-5-15(16)6-4-14)18(2)11-13-7-9-17-10-8-13/h3-6,12-13,17H,7-11H2,1-2H3. The SMILES string of the molecule is CC(c1ccc(Cl)cc1)N(C)CC1CCNCC1. The summed E-state index contributed by atoms with van der Waals surface area (Å²) in [6.07, 6.45) is 2.61. The predicted octanol–water partition coefficient (Wildman–Crippen LogP) is 3.33. The Morgan fingerprint density at radius 3 is 2.50 bits per heavy atom. The Bertz CT molecular complexity index is 357. The summed E-state index contributed by atoms with van der Waals surface area (Å²) < 4.78 is 0. The smallest absolute Gasteiger partial charge is 0.0406 e. The van der Waals surface area contributed by atoms with Gasteiger partial charge >= 0.3 is 0 Å². The highest BCUT2D eigenvalue weighted by Gasteiger charge is 2.18. The number of benzene rings is 1. The maximum atomic E-state index is 5.93. The third kappa shape index (κ3) is 3.71. The van der Waals surface area contributed by atoms with Crippen molar-refractivity contribution in [2.45, 2.75) is 25.8 Å². The van der Waals surface area contributed by atoms with E-state index in [4.69, 9.17) is 11.6 Å². The molecule has 1 aromatic carbocycles. The molecule has 0 radical (unpaired) electrons. The quantitative estimate of drug-likeness (QED) is 0.899. The van der Waals surface area contributed by atoms with Crippen molar-refractivity contribution in [1.29, 1.82) is 0 Å². The van der Waals surface area contributed by atoms with Gasteiger partial charge in [-0.05, 0) is 63.5 Å². The molecule has 100 valence electrons.